The Bertz CT molecular complexity index is 41.2. The summed E-state index contributed by atoms with van der Waals surface area (Å²) in [5, 5.41) is 0. The summed E-state index contributed by atoms with van der Waals surface area (Å²) in [5.74, 6) is 0. The van der Waals surface area contributed by atoms with Crippen molar-refractivity contribution in [1.82, 2.24) is 0 Å². The Morgan fingerprint density at radius 2 is 2.33 bits per heavy atom. The van der Waals surface area contributed by atoms with E-state index in [0.717, 1.165) is 0 Å². The molecule has 1 heteroatoms. The molecule has 0 aromatic heterocycles. The van der Waals surface area contributed by atoms with Crippen molar-refractivity contribution in [3.63, 3.8) is 0 Å². The van der Waals surface area contributed by atoms with Crippen LogP contribution in [0.4, 0.5) is 0 Å². The van der Waals surface area contributed by atoms with Crippen molar-refractivity contribution in [2.45, 2.75) is 13.0 Å². The minimum absolute atomic E-state index is 0.0880. The standard InChI is InChI=1S/C5H9O/c1-4-5(2)6-3/h4-5H,1,3H2,2H3. The molecule has 1 nitrogen and oxygen atoms in total. The maximum atomic E-state index is 4.53. The first-order chi connectivity index (χ1) is 2.81. The highest BCUT2D eigenvalue weighted by molar-refractivity contribution is 4.74. The van der Waals surface area contributed by atoms with Gasteiger partial charge in [-0.2, -0.15) is 0 Å². The molecule has 1 atom stereocenters. The second-order valence-corrected chi connectivity index (χ2v) is 1.11. The second kappa shape index (κ2) is 2.91. The summed E-state index contributed by atoms with van der Waals surface area (Å²) >= 11 is 0. The van der Waals surface area contributed by atoms with Gasteiger partial charge in [0.2, 0.25) is 0 Å². The maximum absolute atomic E-state index is 4.53. The minimum atomic E-state index is 0.0880. The van der Waals surface area contributed by atoms with E-state index in [9.17, 15) is 0 Å². The lowest BCUT2D eigenvalue weighted by Gasteiger charge is -1.96. The van der Waals surface area contributed by atoms with Crippen LogP contribution in [0.3, 0.4) is 0 Å². The monoisotopic (exact) mass is 85.1 g/mol. The Morgan fingerprint density at radius 1 is 1.83 bits per heavy atom. The molecule has 6 heavy (non-hydrogen) atoms. The highest BCUT2D eigenvalue weighted by Crippen LogP contribution is 1.85. The predicted octanol–water partition coefficient (Wildman–Crippen LogP) is 1.37. The largest absolute Gasteiger partial charge is 0.372 e. The van der Waals surface area contributed by atoms with Gasteiger partial charge in [0.1, 0.15) is 0 Å². The van der Waals surface area contributed by atoms with Crippen LogP contribution in [0.15, 0.2) is 12.7 Å². The van der Waals surface area contributed by atoms with Crippen LogP contribution in [0.25, 0.3) is 0 Å². The van der Waals surface area contributed by atoms with Crippen LogP contribution < -0.4 is 0 Å². The van der Waals surface area contributed by atoms with Crippen LogP contribution in [0.5, 0.6) is 0 Å². The molecule has 0 aromatic carbocycles. The van der Waals surface area contributed by atoms with Crippen molar-refractivity contribution in [3.8, 4) is 0 Å². The zero-order valence-corrected chi connectivity index (χ0v) is 3.98. The lowest BCUT2D eigenvalue weighted by molar-refractivity contribution is 0.197. The molecule has 0 N–H and O–H groups in total. The minimum Gasteiger partial charge on any atom is -0.372 e. The van der Waals surface area contributed by atoms with Crippen molar-refractivity contribution in [2.24, 2.45) is 0 Å². The number of hydrogen-bond donors (Lipinski definition) is 0. The molecule has 0 aliphatic carbocycles. The summed E-state index contributed by atoms with van der Waals surface area (Å²) in [6.07, 6.45) is 1.78. The van der Waals surface area contributed by atoms with Crippen molar-refractivity contribution >= 4 is 0 Å². The van der Waals surface area contributed by atoms with E-state index in [4.69, 9.17) is 0 Å². The third-order valence-corrected chi connectivity index (χ3v) is 0.595. The fourth-order valence-electron chi connectivity index (χ4n) is 0.0680. The molecule has 35 valence electrons. The molecule has 0 aliphatic heterocycles. The molecule has 0 heterocycles. The first-order valence-corrected chi connectivity index (χ1v) is 1.84. The fraction of sp³-hybridized carbons (Fsp3) is 0.400. The smallest absolute Gasteiger partial charge is 0.0726 e. The van der Waals surface area contributed by atoms with Gasteiger partial charge in [-0.3, -0.25) is 0 Å². The van der Waals surface area contributed by atoms with E-state index >= 15 is 0 Å². The van der Waals surface area contributed by atoms with Crippen molar-refractivity contribution in [2.75, 3.05) is 0 Å². The summed E-state index contributed by atoms with van der Waals surface area (Å²) in [6.45, 7) is 5.34. The van der Waals surface area contributed by atoms with Gasteiger partial charge in [-0.15, -0.1) is 6.58 Å². The highest BCUT2D eigenvalue weighted by atomic mass is 16.5. The second-order valence-electron chi connectivity index (χ2n) is 1.11. The van der Waals surface area contributed by atoms with Crippen molar-refractivity contribution in [1.29, 1.82) is 0 Å². The van der Waals surface area contributed by atoms with E-state index in [0.29, 0.717) is 0 Å². The molecule has 1 radical (unpaired) electrons. The summed E-state index contributed by atoms with van der Waals surface area (Å²) in [4.78, 5) is 0. The Balaban J connectivity index is 2.96. The van der Waals surface area contributed by atoms with E-state index in [1.54, 1.807) is 6.08 Å². The van der Waals surface area contributed by atoms with Crippen LogP contribution in [-0.2, 0) is 4.74 Å². The predicted molar refractivity (Wildman–Crippen MR) is 26.1 cm³/mol. The maximum Gasteiger partial charge on any atom is 0.0726 e. The number of hydrogen-bond acceptors (Lipinski definition) is 1. The highest BCUT2D eigenvalue weighted by Gasteiger charge is 1.83. The van der Waals surface area contributed by atoms with Crippen molar-refractivity contribution < 1.29 is 4.74 Å². The molecule has 0 aromatic rings. The molecule has 0 amide bonds. The average molecular weight is 85.1 g/mol. The lowest BCUT2D eigenvalue weighted by Crippen LogP contribution is -1.94. The van der Waals surface area contributed by atoms with E-state index in [1.165, 1.54) is 0 Å². The van der Waals surface area contributed by atoms with E-state index in [-0.39, 0.29) is 6.10 Å². The number of rotatable bonds is 2. The summed E-state index contributed by atoms with van der Waals surface area (Å²) < 4.78 is 4.53. The van der Waals surface area contributed by atoms with Gasteiger partial charge >= 0.3 is 0 Å². The topological polar surface area (TPSA) is 9.23 Å². The molecule has 0 fully saturated rings. The van der Waals surface area contributed by atoms with Crippen LogP contribution >= 0.6 is 0 Å². The summed E-state index contributed by atoms with van der Waals surface area (Å²) in [6, 6.07) is 0. The third kappa shape index (κ3) is 1.97. The molecule has 1 unspecified atom stereocenters. The number of ether oxygens (including phenoxy) is 1. The van der Waals surface area contributed by atoms with Gasteiger partial charge in [-0.1, -0.05) is 6.08 Å². The molecule has 0 saturated carbocycles. The van der Waals surface area contributed by atoms with Crippen LogP contribution in [0.1, 0.15) is 6.92 Å². The van der Waals surface area contributed by atoms with Crippen molar-refractivity contribution in [3.05, 3.63) is 19.8 Å². The van der Waals surface area contributed by atoms with Gasteiger partial charge in [0, 0.05) is 0 Å². The van der Waals surface area contributed by atoms with Gasteiger partial charge in [0.25, 0.3) is 0 Å². The normalized spacial score (nSPS) is 13.7. The SMILES string of the molecule is [CH2]OC(C)C=C. The zero-order chi connectivity index (χ0) is 4.99. The summed E-state index contributed by atoms with van der Waals surface area (Å²) in [7, 11) is 3.19. The molecular formula is C5H9O. The van der Waals surface area contributed by atoms with E-state index < -0.39 is 0 Å². The average Bonchev–Trinajstić information content (AvgIpc) is 1.65. The Labute approximate surface area is 38.6 Å². The molecule has 0 rings (SSSR count). The first kappa shape index (κ1) is 5.70. The Hall–Kier alpha value is -0.300. The summed E-state index contributed by atoms with van der Waals surface area (Å²) in [5.41, 5.74) is 0. The quantitative estimate of drug-likeness (QED) is 0.460. The Kier molecular flexibility index (Phi) is 2.77. The third-order valence-electron chi connectivity index (χ3n) is 0.595. The lowest BCUT2D eigenvalue weighted by atomic mass is 10.4. The first-order valence-electron chi connectivity index (χ1n) is 1.84. The molecule has 0 bridgehead atoms. The van der Waals surface area contributed by atoms with Crippen LogP contribution in [-0.4, -0.2) is 6.10 Å². The zero-order valence-electron chi connectivity index (χ0n) is 3.98. The van der Waals surface area contributed by atoms with Crippen LogP contribution in [0, 0.1) is 7.11 Å². The molecular weight excluding hydrogens is 76.1 g/mol. The van der Waals surface area contributed by atoms with Gasteiger partial charge in [-0.05, 0) is 6.92 Å². The molecule has 0 saturated heterocycles. The van der Waals surface area contributed by atoms with E-state index in [1.807, 2.05) is 6.92 Å². The fourth-order valence-corrected chi connectivity index (χ4v) is 0.0680. The van der Waals surface area contributed by atoms with E-state index in [2.05, 4.69) is 18.4 Å². The molecule has 0 spiro atoms. The van der Waals surface area contributed by atoms with Gasteiger partial charge in [0.15, 0.2) is 0 Å². The van der Waals surface area contributed by atoms with Crippen LogP contribution in [0.2, 0.25) is 0 Å². The van der Waals surface area contributed by atoms with Gasteiger partial charge < -0.3 is 4.74 Å². The van der Waals surface area contributed by atoms with Gasteiger partial charge in [-0.25, -0.2) is 0 Å². The molecule has 0 aliphatic rings. The Morgan fingerprint density at radius 3 is 2.33 bits per heavy atom. The van der Waals surface area contributed by atoms with Gasteiger partial charge in [0.05, 0.1) is 13.2 Å².